The number of nitrogens with zero attached hydrogens (tertiary/aromatic N) is 2. The van der Waals surface area contributed by atoms with Crippen LogP contribution < -0.4 is 10.1 Å². The number of hydrogen-bond donors (Lipinski definition) is 1. The van der Waals surface area contributed by atoms with Crippen LogP contribution in [0.4, 0.5) is 5.13 Å². The zero-order valence-corrected chi connectivity index (χ0v) is 17.3. The Morgan fingerprint density at radius 2 is 2.10 bits per heavy atom. The van der Waals surface area contributed by atoms with E-state index in [1.165, 1.54) is 29.7 Å². The van der Waals surface area contributed by atoms with Crippen LogP contribution in [0, 0.1) is 0 Å². The fourth-order valence-electron chi connectivity index (χ4n) is 2.48. The predicted octanol–water partition coefficient (Wildman–Crippen LogP) is 4.44. The minimum absolute atomic E-state index is 0.171. The molecule has 3 aromatic rings. The number of amides is 1. The molecule has 0 fully saturated rings. The van der Waals surface area contributed by atoms with Crippen LogP contribution in [0.15, 0.2) is 48.0 Å². The van der Waals surface area contributed by atoms with Crippen LogP contribution in [0.2, 0.25) is 5.15 Å². The summed E-state index contributed by atoms with van der Waals surface area (Å²) in [6, 6.07) is 10.3. The lowest BCUT2D eigenvalue weighted by atomic mass is 10.2. The number of esters is 1. The molecule has 1 unspecified atom stereocenters. The highest BCUT2D eigenvalue weighted by molar-refractivity contribution is 7.14. The van der Waals surface area contributed by atoms with Gasteiger partial charge in [0.1, 0.15) is 10.9 Å². The van der Waals surface area contributed by atoms with Gasteiger partial charge < -0.3 is 9.47 Å². The van der Waals surface area contributed by atoms with Crippen molar-refractivity contribution in [3.63, 3.8) is 0 Å². The van der Waals surface area contributed by atoms with E-state index >= 15 is 0 Å². The van der Waals surface area contributed by atoms with Crippen molar-refractivity contribution in [1.82, 2.24) is 9.97 Å². The van der Waals surface area contributed by atoms with Gasteiger partial charge in [0.2, 0.25) is 0 Å². The number of hydrogen-bond acceptors (Lipinski definition) is 7. The van der Waals surface area contributed by atoms with E-state index in [9.17, 15) is 9.59 Å². The summed E-state index contributed by atoms with van der Waals surface area (Å²) >= 11 is 7.07. The van der Waals surface area contributed by atoms with Gasteiger partial charge in [0.25, 0.3) is 5.91 Å². The number of ether oxygens (including phenoxy) is 2. The summed E-state index contributed by atoms with van der Waals surface area (Å²) in [5.74, 6) is -0.379. The molecule has 0 aliphatic heterocycles. The Balaban J connectivity index is 1.67. The SMILES string of the molecule is CCC(OC(=O)c1ccnc(Cl)c1)C(=O)Nc1nc(-c2cccc(OC)c2)cs1. The van der Waals surface area contributed by atoms with Gasteiger partial charge in [-0.1, -0.05) is 30.7 Å². The topological polar surface area (TPSA) is 90.4 Å². The van der Waals surface area contributed by atoms with E-state index in [-0.39, 0.29) is 10.7 Å². The van der Waals surface area contributed by atoms with Crippen molar-refractivity contribution in [3.8, 4) is 17.0 Å². The van der Waals surface area contributed by atoms with Crippen molar-refractivity contribution in [2.24, 2.45) is 0 Å². The molecule has 0 bridgehead atoms. The minimum Gasteiger partial charge on any atom is -0.497 e. The summed E-state index contributed by atoms with van der Waals surface area (Å²) in [5, 5.41) is 5.11. The summed E-state index contributed by atoms with van der Waals surface area (Å²) in [4.78, 5) is 33.0. The second-order valence-electron chi connectivity index (χ2n) is 5.93. The third-order valence-corrected chi connectivity index (χ3v) is 4.94. The van der Waals surface area contributed by atoms with E-state index in [1.54, 1.807) is 14.0 Å². The fraction of sp³-hybridized carbons (Fsp3) is 0.200. The Bertz CT molecular complexity index is 1020. The molecule has 3 rings (SSSR count). The number of benzene rings is 1. The summed E-state index contributed by atoms with van der Waals surface area (Å²) in [6.07, 6.45) is 0.749. The van der Waals surface area contributed by atoms with E-state index in [2.05, 4.69) is 15.3 Å². The molecule has 0 radical (unpaired) electrons. The van der Waals surface area contributed by atoms with Gasteiger partial charge in [0.15, 0.2) is 11.2 Å². The standard InChI is InChI=1S/C20H18ClN3O4S/c1-3-16(28-19(26)13-7-8-22-17(21)10-13)18(25)24-20-23-15(11-29-20)12-5-4-6-14(9-12)27-2/h4-11,16H,3H2,1-2H3,(H,23,24,25). The average molecular weight is 432 g/mol. The molecule has 2 aromatic heterocycles. The van der Waals surface area contributed by atoms with Crippen molar-refractivity contribution >= 4 is 39.9 Å². The molecule has 1 amide bonds. The van der Waals surface area contributed by atoms with Crippen molar-refractivity contribution in [2.75, 3.05) is 12.4 Å². The highest BCUT2D eigenvalue weighted by Gasteiger charge is 2.23. The maximum atomic E-state index is 12.5. The first-order valence-corrected chi connectivity index (χ1v) is 9.99. The lowest BCUT2D eigenvalue weighted by Crippen LogP contribution is -2.32. The van der Waals surface area contributed by atoms with Gasteiger partial charge in [-0.2, -0.15) is 0 Å². The van der Waals surface area contributed by atoms with Gasteiger partial charge in [-0.25, -0.2) is 14.8 Å². The molecule has 1 N–H and O–H groups in total. The third kappa shape index (κ3) is 5.30. The minimum atomic E-state index is -0.960. The molecule has 0 spiro atoms. The number of rotatable bonds is 7. The number of halogens is 1. The quantitative estimate of drug-likeness (QED) is 0.439. The molecule has 29 heavy (non-hydrogen) atoms. The lowest BCUT2D eigenvalue weighted by molar-refractivity contribution is -0.124. The van der Waals surface area contributed by atoms with Crippen LogP contribution in [0.1, 0.15) is 23.7 Å². The van der Waals surface area contributed by atoms with Crippen LogP contribution >= 0.6 is 22.9 Å². The van der Waals surface area contributed by atoms with Gasteiger partial charge >= 0.3 is 5.97 Å². The van der Waals surface area contributed by atoms with Gasteiger partial charge in [-0.15, -0.1) is 11.3 Å². The fourth-order valence-corrected chi connectivity index (χ4v) is 3.38. The highest BCUT2D eigenvalue weighted by Crippen LogP contribution is 2.27. The van der Waals surface area contributed by atoms with Gasteiger partial charge in [0.05, 0.1) is 18.4 Å². The first-order valence-electron chi connectivity index (χ1n) is 8.73. The van der Waals surface area contributed by atoms with Crippen LogP contribution in [0.25, 0.3) is 11.3 Å². The Morgan fingerprint density at radius 3 is 2.83 bits per heavy atom. The van der Waals surface area contributed by atoms with E-state index in [0.29, 0.717) is 17.2 Å². The molecule has 150 valence electrons. The highest BCUT2D eigenvalue weighted by atomic mass is 35.5. The van der Waals surface area contributed by atoms with Crippen molar-refractivity contribution in [3.05, 3.63) is 58.7 Å². The number of methoxy groups -OCH3 is 1. The van der Waals surface area contributed by atoms with E-state index < -0.39 is 18.0 Å². The molecule has 0 aliphatic carbocycles. The molecular weight excluding hydrogens is 414 g/mol. The van der Waals surface area contributed by atoms with E-state index in [0.717, 1.165) is 11.3 Å². The predicted molar refractivity (Wildman–Crippen MR) is 111 cm³/mol. The van der Waals surface area contributed by atoms with Crippen molar-refractivity contribution < 1.29 is 19.1 Å². The normalized spacial score (nSPS) is 11.6. The number of anilines is 1. The summed E-state index contributed by atoms with van der Waals surface area (Å²) in [6.45, 7) is 1.75. The lowest BCUT2D eigenvalue weighted by Gasteiger charge is -2.15. The molecule has 0 saturated carbocycles. The maximum Gasteiger partial charge on any atom is 0.339 e. The Labute approximate surface area is 176 Å². The molecule has 1 aromatic carbocycles. The van der Waals surface area contributed by atoms with E-state index in [1.807, 2.05) is 29.6 Å². The number of pyridine rings is 1. The molecule has 0 aliphatic rings. The number of thiazole rings is 1. The number of aromatic nitrogens is 2. The van der Waals surface area contributed by atoms with Crippen molar-refractivity contribution in [1.29, 1.82) is 0 Å². The third-order valence-electron chi connectivity index (χ3n) is 3.97. The first-order chi connectivity index (χ1) is 14.0. The van der Waals surface area contributed by atoms with Crippen LogP contribution in [-0.2, 0) is 9.53 Å². The zero-order chi connectivity index (χ0) is 20.8. The smallest absolute Gasteiger partial charge is 0.339 e. The van der Waals surface area contributed by atoms with Gasteiger partial charge in [-0.05, 0) is 30.7 Å². The maximum absolute atomic E-state index is 12.5. The van der Waals surface area contributed by atoms with E-state index in [4.69, 9.17) is 21.1 Å². The van der Waals surface area contributed by atoms with Crippen LogP contribution in [0.3, 0.4) is 0 Å². The Kier molecular flexibility index (Phi) is 6.79. The van der Waals surface area contributed by atoms with Crippen LogP contribution in [-0.4, -0.2) is 35.1 Å². The average Bonchev–Trinajstić information content (AvgIpc) is 3.20. The monoisotopic (exact) mass is 431 g/mol. The summed E-state index contributed by atoms with van der Waals surface area (Å²) in [5.41, 5.74) is 1.81. The van der Waals surface area contributed by atoms with Gasteiger partial charge in [-0.3, -0.25) is 10.1 Å². The molecule has 1 atom stereocenters. The number of carbonyl (C=O) groups is 2. The van der Waals surface area contributed by atoms with Crippen molar-refractivity contribution in [2.45, 2.75) is 19.4 Å². The largest absolute Gasteiger partial charge is 0.497 e. The summed E-state index contributed by atoms with van der Waals surface area (Å²) in [7, 11) is 1.60. The van der Waals surface area contributed by atoms with Crippen LogP contribution in [0.5, 0.6) is 5.75 Å². The summed E-state index contributed by atoms with van der Waals surface area (Å²) < 4.78 is 10.5. The van der Waals surface area contributed by atoms with Gasteiger partial charge in [0, 0.05) is 17.1 Å². The molecule has 7 nitrogen and oxygen atoms in total. The molecule has 0 saturated heterocycles. The number of carbonyl (C=O) groups excluding carboxylic acids is 2. The zero-order valence-electron chi connectivity index (χ0n) is 15.7. The first kappa shape index (κ1) is 20.8. The second-order valence-corrected chi connectivity index (χ2v) is 7.17. The Hall–Kier alpha value is -2.97. The Morgan fingerprint density at radius 1 is 1.28 bits per heavy atom. The number of nitrogens with one attached hydrogen (secondary N) is 1. The molecule has 9 heteroatoms. The molecule has 2 heterocycles. The molecular formula is C20H18ClN3O4S. The second kappa shape index (κ2) is 9.49.